The highest BCUT2D eigenvalue weighted by Gasteiger charge is 2.02. The molecule has 0 radical (unpaired) electrons. The molecule has 0 saturated carbocycles. The maximum Gasteiger partial charge on any atom is 0.328 e. The van der Waals surface area contributed by atoms with Gasteiger partial charge in [0.25, 0.3) is 0 Å². The minimum absolute atomic E-state index is 0.511. The van der Waals surface area contributed by atoms with E-state index in [4.69, 9.17) is 15.1 Å². The van der Waals surface area contributed by atoms with Crippen LogP contribution in [0.5, 0.6) is 5.75 Å². The molecule has 0 saturated heterocycles. The molecule has 0 aromatic heterocycles. The molecule has 0 aliphatic carbocycles. The van der Waals surface area contributed by atoms with Gasteiger partial charge in [-0.3, -0.25) is 0 Å². The molecule has 0 spiro atoms. The first-order chi connectivity index (χ1) is 9.13. The van der Waals surface area contributed by atoms with Gasteiger partial charge in [-0.15, -0.1) is 0 Å². The van der Waals surface area contributed by atoms with Crippen molar-refractivity contribution < 1.29 is 14.6 Å². The average Bonchev–Trinajstić information content (AvgIpc) is 2.38. The molecule has 0 unspecified atom stereocenters. The smallest absolute Gasteiger partial charge is 0.328 e. The molecule has 0 bridgehead atoms. The summed E-state index contributed by atoms with van der Waals surface area (Å²) in [5.41, 5.74) is 0.706. The van der Waals surface area contributed by atoms with E-state index in [0.29, 0.717) is 24.3 Å². The number of carboxylic acids is 1. The van der Waals surface area contributed by atoms with Crippen LogP contribution in [0.2, 0.25) is 0 Å². The Labute approximate surface area is 120 Å². The van der Waals surface area contributed by atoms with E-state index in [0.717, 1.165) is 23.4 Å². The number of aliphatic carboxylic acids is 1. The molecule has 0 aliphatic rings. The minimum atomic E-state index is -1.00. The Morgan fingerprint density at radius 1 is 1.47 bits per heavy atom. The van der Waals surface area contributed by atoms with E-state index in [9.17, 15) is 4.79 Å². The van der Waals surface area contributed by atoms with Gasteiger partial charge in [-0.2, -0.15) is 5.26 Å². The number of hydrogen-bond donors (Lipinski definition) is 1. The maximum atomic E-state index is 10.5. The van der Waals surface area contributed by atoms with Crippen LogP contribution >= 0.6 is 15.9 Å². The summed E-state index contributed by atoms with van der Waals surface area (Å²) in [4.78, 5) is 10.5. The molecule has 100 valence electrons. The summed E-state index contributed by atoms with van der Waals surface area (Å²) < 4.78 is 6.45. The van der Waals surface area contributed by atoms with Crippen LogP contribution in [0.15, 0.2) is 28.7 Å². The van der Waals surface area contributed by atoms with Crippen LogP contribution in [-0.4, -0.2) is 17.7 Å². The second kappa shape index (κ2) is 8.33. The number of nitrogens with zero attached hydrogens (tertiary/aromatic N) is 1. The summed E-state index contributed by atoms with van der Waals surface area (Å²) in [5, 5.41) is 17.1. The Balaban J connectivity index is 2.66. The zero-order valence-electron chi connectivity index (χ0n) is 10.3. The fraction of sp³-hybridized carbons (Fsp3) is 0.286. The van der Waals surface area contributed by atoms with E-state index in [2.05, 4.69) is 22.0 Å². The molecule has 5 heteroatoms. The third-order valence-electron chi connectivity index (χ3n) is 2.32. The first kappa shape index (κ1) is 15.3. The SMILES string of the molecule is N#CCCCCOc1ccc(Br)cc1/C=C/C(=O)O. The standard InChI is InChI=1S/C14H14BrNO3/c15-12-5-6-13(19-9-3-1-2-8-16)11(10-12)4-7-14(17)18/h4-7,10H,1-3,9H2,(H,17,18)/b7-4+. The van der Waals surface area contributed by atoms with Crippen molar-refractivity contribution in [2.24, 2.45) is 0 Å². The van der Waals surface area contributed by atoms with Crippen LogP contribution < -0.4 is 4.74 Å². The van der Waals surface area contributed by atoms with Crippen molar-refractivity contribution in [3.05, 3.63) is 34.3 Å². The Morgan fingerprint density at radius 2 is 2.26 bits per heavy atom. The Hall–Kier alpha value is -1.80. The van der Waals surface area contributed by atoms with Crippen LogP contribution in [0, 0.1) is 11.3 Å². The van der Waals surface area contributed by atoms with Gasteiger partial charge in [0.2, 0.25) is 0 Å². The van der Waals surface area contributed by atoms with E-state index in [1.807, 2.05) is 6.07 Å². The van der Waals surface area contributed by atoms with Crippen LogP contribution in [0.3, 0.4) is 0 Å². The summed E-state index contributed by atoms with van der Waals surface area (Å²) >= 11 is 3.33. The van der Waals surface area contributed by atoms with Gasteiger partial charge in [-0.1, -0.05) is 15.9 Å². The predicted octanol–water partition coefficient (Wildman–Crippen LogP) is 3.62. The molecule has 1 rings (SSSR count). The van der Waals surface area contributed by atoms with Crippen molar-refractivity contribution in [3.8, 4) is 11.8 Å². The molecule has 1 aromatic carbocycles. The Kier molecular flexibility index (Phi) is 6.69. The maximum absolute atomic E-state index is 10.5. The molecule has 0 aliphatic heterocycles. The minimum Gasteiger partial charge on any atom is -0.493 e. The number of carbonyl (C=O) groups is 1. The molecule has 0 fully saturated rings. The van der Waals surface area contributed by atoms with Gasteiger partial charge >= 0.3 is 5.97 Å². The van der Waals surface area contributed by atoms with Crippen molar-refractivity contribution in [1.82, 2.24) is 0 Å². The van der Waals surface area contributed by atoms with Gasteiger partial charge in [0.15, 0.2) is 0 Å². The molecular formula is C14H14BrNO3. The zero-order chi connectivity index (χ0) is 14.1. The lowest BCUT2D eigenvalue weighted by atomic mass is 10.2. The monoisotopic (exact) mass is 323 g/mol. The normalized spacial score (nSPS) is 10.3. The highest BCUT2D eigenvalue weighted by Crippen LogP contribution is 2.24. The first-order valence-electron chi connectivity index (χ1n) is 5.84. The summed E-state index contributed by atoms with van der Waals surface area (Å²) in [6, 6.07) is 7.50. The summed E-state index contributed by atoms with van der Waals surface area (Å²) in [7, 11) is 0. The first-order valence-corrected chi connectivity index (χ1v) is 6.63. The van der Waals surface area contributed by atoms with E-state index >= 15 is 0 Å². The lowest BCUT2D eigenvalue weighted by Crippen LogP contribution is -1.99. The van der Waals surface area contributed by atoms with Crippen LogP contribution in [-0.2, 0) is 4.79 Å². The van der Waals surface area contributed by atoms with Crippen LogP contribution in [0.1, 0.15) is 24.8 Å². The van der Waals surface area contributed by atoms with E-state index in [1.54, 1.807) is 12.1 Å². The molecule has 1 N–H and O–H groups in total. The molecular weight excluding hydrogens is 310 g/mol. The lowest BCUT2D eigenvalue weighted by molar-refractivity contribution is -0.131. The number of benzene rings is 1. The molecule has 0 heterocycles. The molecule has 0 atom stereocenters. The molecule has 0 amide bonds. The summed E-state index contributed by atoms with van der Waals surface area (Å²) in [6.45, 7) is 0.511. The van der Waals surface area contributed by atoms with Crippen molar-refractivity contribution in [3.63, 3.8) is 0 Å². The second-order valence-corrected chi connectivity index (χ2v) is 4.73. The second-order valence-electron chi connectivity index (χ2n) is 3.82. The van der Waals surface area contributed by atoms with Gasteiger partial charge in [-0.05, 0) is 37.1 Å². The third-order valence-corrected chi connectivity index (χ3v) is 2.81. The number of rotatable bonds is 7. The number of hydrogen-bond acceptors (Lipinski definition) is 3. The number of unbranched alkanes of at least 4 members (excludes halogenated alkanes) is 2. The van der Waals surface area contributed by atoms with Gasteiger partial charge in [-0.25, -0.2) is 4.79 Å². The van der Waals surface area contributed by atoms with E-state index in [1.165, 1.54) is 6.08 Å². The number of nitriles is 1. The predicted molar refractivity (Wildman–Crippen MR) is 75.8 cm³/mol. The molecule has 19 heavy (non-hydrogen) atoms. The van der Waals surface area contributed by atoms with Gasteiger partial charge in [0, 0.05) is 22.5 Å². The number of ether oxygens (including phenoxy) is 1. The van der Waals surface area contributed by atoms with Gasteiger partial charge in [0.05, 0.1) is 12.7 Å². The third kappa shape index (κ3) is 6.07. The summed E-state index contributed by atoms with van der Waals surface area (Å²) in [6.07, 6.45) is 4.69. The Morgan fingerprint density at radius 3 is 2.95 bits per heavy atom. The Bertz CT molecular complexity index is 506. The number of carboxylic acid groups (broad SMARTS) is 1. The fourth-order valence-electron chi connectivity index (χ4n) is 1.43. The van der Waals surface area contributed by atoms with Crippen LogP contribution in [0.4, 0.5) is 0 Å². The van der Waals surface area contributed by atoms with E-state index in [-0.39, 0.29) is 0 Å². The number of halogens is 1. The quantitative estimate of drug-likeness (QED) is 0.614. The van der Waals surface area contributed by atoms with Crippen molar-refractivity contribution in [2.45, 2.75) is 19.3 Å². The van der Waals surface area contributed by atoms with E-state index < -0.39 is 5.97 Å². The lowest BCUT2D eigenvalue weighted by Gasteiger charge is -2.09. The highest BCUT2D eigenvalue weighted by atomic mass is 79.9. The average molecular weight is 324 g/mol. The zero-order valence-corrected chi connectivity index (χ0v) is 11.9. The molecule has 4 nitrogen and oxygen atoms in total. The van der Waals surface area contributed by atoms with Gasteiger partial charge in [0.1, 0.15) is 5.75 Å². The summed E-state index contributed by atoms with van der Waals surface area (Å²) in [5.74, 6) is -0.363. The van der Waals surface area contributed by atoms with Gasteiger partial charge < -0.3 is 9.84 Å². The van der Waals surface area contributed by atoms with Crippen LogP contribution in [0.25, 0.3) is 6.08 Å². The van der Waals surface area contributed by atoms with Crippen molar-refractivity contribution in [2.75, 3.05) is 6.61 Å². The highest BCUT2D eigenvalue weighted by molar-refractivity contribution is 9.10. The topological polar surface area (TPSA) is 70.3 Å². The van der Waals surface area contributed by atoms with Crippen molar-refractivity contribution in [1.29, 1.82) is 5.26 Å². The molecule has 1 aromatic rings. The largest absolute Gasteiger partial charge is 0.493 e. The van der Waals surface area contributed by atoms with Crippen molar-refractivity contribution >= 4 is 28.0 Å². The fourth-order valence-corrected chi connectivity index (χ4v) is 1.81.